The first kappa shape index (κ1) is 15.3. The number of nitrogens with one attached hydrogen (secondary N) is 1. The zero-order valence-corrected chi connectivity index (χ0v) is 12.1. The van der Waals surface area contributed by atoms with Crippen LogP contribution in [0.2, 0.25) is 0 Å². The number of hydrogen-bond acceptors (Lipinski definition) is 3. The first-order chi connectivity index (χ1) is 9.51. The lowest BCUT2D eigenvalue weighted by Gasteiger charge is -2.33. The minimum Gasteiger partial charge on any atom is -0.481 e. The molecule has 2 rings (SSSR count). The third kappa shape index (κ3) is 3.72. The molecule has 4 N–H and O–H groups in total. The minimum atomic E-state index is -0.685. The molecule has 2 saturated carbocycles. The first-order valence-electron chi connectivity index (χ1n) is 7.81. The zero-order chi connectivity index (χ0) is 14.6. The van der Waals surface area contributed by atoms with Crippen molar-refractivity contribution < 1.29 is 14.7 Å². The van der Waals surface area contributed by atoms with Gasteiger partial charge in [0.2, 0.25) is 5.91 Å². The van der Waals surface area contributed by atoms with Crippen molar-refractivity contribution in [3.8, 4) is 0 Å². The van der Waals surface area contributed by atoms with Crippen LogP contribution < -0.4 is 11.1 Å². The highest BCUT2D eigenvalue weighted by molar-refractivity contribution is 5.86. The topological polar surface area (TPSA) is 92.4 Å². The largest absolute Gasteiger partial charge is 0.481 e. The average Bonchev–Trinajstić information content (AvgIpc) is 2.46. The van der Waals surface area contributed by atoms with Crippen LogP contribution in [-0.2, 0) is 9.59 Å². The predicted molar refractivity (Wildman–Crippen MR) is 76.1 cm³/mol. The molecule has 0 atom stereocenters. The maximum Gasteiger partial charge on any atom is 0.306 e. The van der Waals surface area contributed by atoms with Gasteiger partial charge in [-0.15, -0.1) is 0 Å². The Labute approximate surface area is 120 Å². The Morgan fingerprint density at radius 1 is 1.10 bits per heavy atom. The molecule has 0 heterocycles. The summed E-state index contributed by atoms with van der Waals surface area (Å²) in [5.41, 5.74) is 5.52. The van der Waals surface area contributed by atoms with Crippen molar-refractivity contribution in [2.24, 2.45) is 17.6 Å². The molecule has 0 spiro atoms. The summed E-state index contributed by atoms with van der Waals surface area (Å²) < 4.78 is 0. The van der Waals surface area contributed by atoms with Crippen LogP contribution >= 0.6 is 0 Å². The van der Waals surface area contributed by atoms with Gasteiger partial charge in [-0.2, -0.15) is 0 Å². The van der Waals surface area contributed by atoms with Gasteiger partial charge >= 0.3 is 5.97 Å². The number of carbonyl (C=O) groups excluding carboxylic acids is 1. The predicted octanol–water partition coefficient (Wildman–Crippen LogP) is 1.66. The molecule has 1 amide bonds. The van der Waals surface area contributed by atoms with Crippen molar-refractivity contribution in [3.05, 3.63) is 0 Å². The van der Waals surface area contributed by atoms with E-state index < -0.39 is 11.5 Å². The molecule has 0 aromatic rings. The van der Waals surface area contributed by atoms with Crippen molar-refractivity contribution in [1.82, 2.24) is 5.32 Å². The Morgan fingerprint density at radius 2 is 1.70 bits per heavy atom. The average molecular weight is 282 g/mol. The summed E-state index contributed by atoms with van der Waals surface area (Å²) in [5, 5.41) is 12.0. The van der Waals surface area contributed by atoms with E-state index in [0.29, 0.717) is 12.5 Å². The van der Waals surface area contributed by atoms with Crippen LogP contribution in [-0.4, -0.2) is 29.1 Å². The van der Waals surface area contributed by atoms with E-state index in [9.17, 15) is 9.59 Å². The van der Waals surface area contributed by atoms with Crippen molar-refractivity contribution in [2.75, 3.05) is 6.54 Å². The highest BCUT2D eigenvalue weighted by Gasteiger charge is 2.35. The Morgan fingerprint density at radius 3 is 2.25 bits per heavy atom. The number of nitrogens with two attached hydrogens (primary N) is 1. The highest BCUT2D eigenvalue weighted by atomic mass is 16.4. The fourth-order valence-electron chi connectivity index (χ4n) is 3.44. The molecule has 0 saturated heterocycles. The molecule has 114 valence electrons. The van der Waals surface area contributed by atoms with Crippen molar-refractivity contribution >= 4 is 11.9 Å². The van der Waals surface area contributed by atoms with Gasteiger partial charge in [0.05, 0.1) is 11.5 Å². The van der Waals surface area contributed by atoms with Crippen LogP contribution in [0.1, 0.15) is 57.8 Å². The maximum atomic E-state index is 12.2. The third-order valence-electron chi connectivity index (χ3n) is 4.95. The molecule has 2 aliphatic rings. The van der Waals surface area contributed by atoms with E-state index >= 15 is 0 Å². The van der Waals surface area contributed by atoms with E-state index in [1.165, 1.54) is 6.42 Å². The molecule has 5 heteroatoms. The lowest BCUT2D eigenvalue weighted by molar-refractivity contribution is -0.143. The summed E-state index contributed by atoms with van der Waals surface area (Å²) in [6.07, 6.45) is 8.03. The fourth-order valence-corrected chi connectivity index (χ4v) is 3.44. The fraction of sp³-hybridized carbons (Fsp3) is 0.867. The summed E-state index contributed by atoms with van der Waals surface area (Å²) >= 11 is 0. The van der Waals surface area contributed by atoms with Gasteiger partial charge in [0.1, 0.15) is 0 Å². The van der Waals surface area contributed by atoms with Crippen molar-refractivity contribution in [1.29, 1.82) is 0 Å². The second kappa shape index (κ2) is 6.57. The molecule has 0 unspecified atom stereocenters. The number of carbonyl (C=O) groups is 2. The summed E-state index contributed by atoms with van der Waals surface area (Å²) in [5.74, 6) is -0.490. The van der Waals surface area contributed by atoms with Crippen LogP contribution in [0, 0.1) is 11.8 Å². The van der Waals surface area contributed by atoms with E-state index in [2.05, 4.69) is 5.32 Å². The molecular weight excluding hydrogens is 256 g/mol. The normalized spacial score (nSPS) is 29.6. The quantitative estimate of drug-likeness (QED) is 0.731. The van der Waals surface area contributed by atoms with Gasteiger partial charge in [-0.1, -0.05) is 19.3 Å². The van der Waals surface area contributed by atoms with Gasteiger partial charge in [0.15, 0.2) is 0 Å². The van der Waals surface area contributed by atoms with E-state index in [0.717, 1.165) is 51.4 Å². The number of hydrogen-bond donors (Lipinski definition) is 3. The molecule has 2 fully saturated rings. The van der Waals surface area contributed by atoms with Gasteiger partial charge in [-0.25, -0.2) is 0 Å². The maximum absolute atomic E-state index is 12.2. The third-order valence-corrected chi connectivity index (χ3v) is 4.95. The van der Waals surface area contributed by atoms with Crippen LogP contribution in [0.15, 0.2) is 0 Å². The second-order valence-electron chi connectivity index (χ2n) is 6.48. The number of carboxylic acid groups (broad SMARTS) is 1. The minimum absolute atomic E-state index is 0.0161. The van der Waals surface area contributed by atoms with E-state index in [1.807, 2.05) is 0 Å². The van der Waals surface area contributed by atoms with Gasteiger partial charge < -0.3 is 16.2 Å². The molecule has 0 bridgehead atoms. The van der Waals surface area contributed by atoms with E-state index in [1.54, 1.807) is 0 Å². The summed E-state index contributed by atoms with van der Waals surface area (Å²) in [6, 6.07) is 0. The lowest BCUT2D eigenvalue weighted by atomic mass is 9.80. The summed E-state index contributed by atoms with van der Waals surface area (Å²) in [4.78, 5) is 23.1. The summed E-state index contributed by atoms with van der Waals surface area (Å²) in [7, 11) is 0. The lowest BCUT2D eigenvalue weighted by Crippen LogP contribution is -2.55. The number of aliphatic carboxylic acids is 1. The zero-order valence-electron chi connectivity index (χ0n) is 12.1. The van der Waals surface area contributed by atoms with Crippen LogP contribution in [0.5, 0.6) is 0 Å². The highest BCUT2D eigenvalue weighted by Crippen LogP contribution is 2.29. The molecule has 0 aromatic carbocycles. The Hall–Kier alpha value is -1.10. The molecule has 5 nitrogen and oxygen atoms in total. The molecule has 2 aliphatic carbocycles. The van der Waals surface area contributed by atoms with Crippen molar-refractivity contribution in [3.63, 3.8) is 0 Å². The number of rotatable bonds is 4. The van der Waals surface area contributed by atoms with Gasteiger partial charge in [-0.05, 0) is 44.4 Å². The SMILES string of the molecule is NC1(C(=O)NCC2CCC(C(=O)O)CC2)CCCCC1. The van der Waals surface area contributed by atoms with E-state index in [4.69, 9.17) is 10.8 Å². The van der Waals surface area contributed by atoms with Crippen LogP contribution in [0.4, 0.5) is 0 Å². The molecule has 20 heavy (non-hydrogen) atoms. The molecule has 0 radical (unpaired) electrons. The monoisotopic (exact) mass is 282 g/mol. The van der Waals surface area contributed by atoms with Gasteiger partial charge in [0.25, 0.3) is 0 Å². The van der Waals surface area contributed by atoms with Gasteiger partial charge in [-0.3, -0.25) is 9.59 Å². The number of amides is 1. The standard InChI is InChI=1S/C15H26N2O3/c16-15(8-2-1-3-9-15)14(20)17-10-11-4-6-12(7-5-11)13(18)19/h11-12H,1-10,16H2,(H,17,20)(H,18,19). The second-order valence-corrected chi connectivity index (χ2v) is 6.48. The first-order valence-corrected chi connectivity index (χ1v) is 7.81. The van der Waals surface area contributed by atoms with Crippen molar-refractivity contribution in [2.45, 2.75) is 63.3 Å². The summed E-state index contributed by atoms with van der Waals surface area (Å²) in [6.45, 7) is 0.643. The molecule has 0 aliphatic heterocycles. The Kier molecular flexibility index (Phi) is 5.02. The van der Waals surface area contributed by atoms with Crippen LogP contribution in [0.25, 0.3) is 0 Å². The smallest absolute Gasteiger partial charge is 0.306 e. The van der Waals surface area contributed by atoms with Crippen LogP contribution in [0.3, 0.4) is 0 Å². The molecule has 0 aromatic heterocycles. The Balaban J connectivity index is 1.73. The molecular formula is C15H26N2O3. The number of carboxylic acids is 1. The Bertz CT molecular complexity index is 356. The van der Waals surface area contributed by atoms with E-state index in [-0.39, 0.29) is 11.8 Å². The van der Waals surface area contributed by atoms with Gasteiger partial charge in [0, 0.05) is 6.54 Å².